The first-order valence-corrected chi connectivity index (χ1v) is 12.2. The maximum absolute atomic E-state index is 12.7. The number of piperazine rings is 1. The van der Waals surface area contributed by atoms with E-state index in [-0.39, 0.29) is 5.56 Å². The quantitative estimate of drug-likeness (QED) is 0.429. The molecule has 4 aromatic rings. The number of aromatic nitrogens is 4. The SMILES string of the molecule is CCCCCn1c(N2CCN(Cc3cccc4ccccc34)CC2)nc2c1c(=O)[nH]c(=O)n2C. The molecule has 0 radical (unpaired) electrons. The van der Waals surface area contributed by atoms with Gasteiger partial charge in [-0.15, -0.1) is 0 Å². The van der Waals surface area contributed by atoms with E-state index in [1.165, 1.54) is 20.9 Å². The summed E-state index contributed by atoms with van der Waals surface area (Å²) in [6.07, 6.45) is 3.16. The molecular formula is C26H32N6O2. The Kier molecular flexibility index (Phi) is 6.24. The van der Waals surface area contributed by atoms with Crippen LogP contribution in [0.1, 0.15) is 31.7 Å². The average Bonchev–Trinajstić information content (AvgIpc) is 3.24. The second-order valence-corrected chi connectivity index (χ2v) is 9.16. The number of imidazole rings is 1. The lowest BCUT2D eigenvalue weighted by Crippen LogP contribution is -2.47. The first-order chi connectivity index (χ1) is 16.6. The number of rotatable bonds is 7. The molecule has 8 heteroatoms. The normalized spacial score (nSPS) is 14.9. The number of hydrogen-bond acceptors (Lipinski definition) is 5. The molecule has 0 saturated carbocycles. The molecule has 0 bridgehead atoms. The van der Waals surface area contributed by atoms with E-state index < -0.39 is 5.69 Å². The van der Waals surface area contributed by atoms with Crippen LogP contribution >= 0.6 is 0 Å². The molecule has 1 saturated heterocycles. The number of hydrogen-bond donors (Lipinski definition) is 1. The predicted molar refractivity (Wildman–Crippen MR) is 137 cm³/mol. The van der Waals surface area contributed by atoms with Gasteiger partial charge in [-0.3, -0.25) is 19.2 Å². The molecule has 0 unspecified atom stereocenters. The van der Waals surface area contributed by atoms with Crippen molar-refractivity contribution < 1.29 is 0 Å². The van der Waals surface area contributed by atoms with Crippen molar-refractivity contribution in [1.29, 1.82) is 0 Å². The van der Waals surface area contributed by atoms with E-state index in [1.54, 1.807) is 7.05 Å². The highest BCUT2D eigenvalue weighted by atomic mass is 16.2. The molecule has 5 rings (SSSR count). The fraction of sp³-hybridized carbons (Fsp3) is 0.423. The Morgan fingerprint density at radius 1 is 0.971 bits per heavy atom. The first kappa shape index (κ1) is 22.4. The number of aryl methyl sites for hydroxylation is 2. The van der Waals surface area contributed by atoms with E-state index in [1.807, 2.05) is 4.57 Å². The maximum atomic E-state index is 12.7. The Balaban J connectivity index is 1.39. The van der Waals surface area contributed by atoms with Crippen LogP contribution in [0.5, 0.6) is 0 Å². The summed E-state index contributed by atoms with van der Waals surface area (Å²) in [7, 11) is 1.66. The van der Waals surface area contributed by atoms with Gasteiger partial charge in [0.15, 0.2) is 11.2 Å². The fourth-order valence-corrected chi connectivity index (χ4v) is 4.97. The van der Waals surface area contributed by atoms with Crippen molar-refractivity contribution in [3.05, 3.63) is 68.9 Å². The van der Waals surface area contributed by atoms with Gasteiger partial charge in [0.1, 0.15) is 0 Å². The smallest absolute Gasteiger partial charge is 0.329 e. The van der Waals surface area contributed by atoms with Crippen molar-refractivity contribution in [2.24, 2.45) is 7.05 Å². The molecule has 0 aliphatic carbocycles. The van der Waals surface area contributed by atoms with Crippen molar-refractivity contribution in [2.45, 2.75) is 39.3 Å². The van der Waals surface area contributed by atoms with Gasteiger partial charge in [-0.1, -0.05) is 62.2 Å². The van der Waals surface area contributed by atoms with Crippen LogP contribution in [0.2, 0.25) is 0 Å². The van der Waals surface area contributed by atoms with E-state index in [9.17, 15) is 9.59 Å². The zero-order chi connectivity index (χ0) is 23.7. The molecule has 3 heterocycles. The summed E-state index contributed by atoms with van der Waals surface area (Å²) in [6.45, 7) is 7.28. The topological polar surface area (TPSA) is 79.2 Å². The van der Waals surface area contributed by atoms with E-state index in [0.717, 1.165) is 64.5 Å². The molecule has 8 nitrogen and oxygen atoms in total. The molecule has 0 spiro atoms. The zero-order valence-corrected chi connectivity index (χ0v) is 20.0. The van der Waals surface area contributed by atoms with Gasteiger partial charge in [-0.2, -0.15) is 4.98 Å². The third-order valence-electron chi connectivity index (χ3n) is 6.90. The number of anilines is 1. The molecular weight excluding hydrogens is 428 g/mol. The number of nitrogens with zero attached hydrogens (tertiary/aromatic N) is 5. The van der Waals surface area contributed by atoms with Crippen LogP contribution in [0.4, 0.5) is 5.95 Å². The Morgan fingerprint density at radius 2 is 1.74 bits per heavy atom. The van der Waals surface area contributed by atoms with Gasteiger partial charge < -0.3 is 9.47 Å². The van der Waals surface area contributed by atoms with Crippen molar-refractivity contribution >= 4 is 27.9 Å². The third kappa shape index (κ3) is 4.14. The molecule has 34 heavy (non-hydrogen) atoms. The van der Waals surface area contributed by atoms with Gasteiger partial charge in [-0.05, 0) is 22.8 Å². The molecule has 1 fully saturated rings. The molecule has 1 aliphatic heterocycles. The summed E-state index contributed by atoms with van der Waals surface area (Å²) < 4.78 is 3.46. The number of aromatic amines is 1. The number of benzene rings is 2. The minimum atomic E-state index is -0.429. The van der Waals surface area contributed by atoms with Crippen LogP contribution < -0.4 is 16.1 Å². The Labute approximate surface area is 198 Å². The van der Waals surface area contributed by atoms with Crippen LogP contribution in [-0.2, 0) is 20.1 Å². The highest BCUT2D eigenvalue weighted by Gasteiger charge is 2.25. The standard InChI is InChI=1S/C26H32N6O2/c1-3-4-7-13-32-22-23(29(2)26(34)28-24(22)33)27-25(32)31-16-14-30(15-17-31)18-20-11-8-10-19-9-5-6-12-21(19)20/h5-6,8-12H,3-4,7,13-18H2,1-2H3,(H,28,33,34). The molecule has 0 atom stereocenters. The predicted octanol–water partition coefficient (Wildman–Crippen LogP) is 3.09. The lowest BCUT2D eigenvalue weighted by atomic mass is 10.0. The first-order valence-electron chi connectivity index (χ1n) is 12.2. The molecule has 2 aromatic heterocycles. The van der Waals surface area contributed by atoms with Crippen LogP contribution in [0, 0.1) is 0 Å². The van der Waals surface area contributed by atoms with E-state index in [0.29, 0.717) is 11.2 Å². The summed E-state index contributed by atoms with van der Waals surface area (Å²) in [4.78, 5) is 36.8. The maximum Gasteiger partial charge on any atom is 0.329 e. The molecule has 1 aliphatic rings. The van der Waals surface area contributed by atoms with Gasteiger partial charge in [0.2, 0.25) is 5.95 Å². The fourth-order valence-electron chi connectivity index (χ4n) is 4.97. The van der Waals surface area contributed by atoms with E-state index >= 15 is 0 Å². The number of unbranched alkanes of at least 4 members (excludes halogenated alkanes) is 2. The lowest BCUT2D eigenvalue weighted by Gasteiger charge is -2.35. The Bertz CT molecular complexity index is 1420. The van der Waals surface area contributed by atoms with Gasteiger partial charge in [0.25, 0.3) is 5.56 Å². The molecule has 2 aromatic carbocycles. The monoisotopic (exact) mass is 460 g/mol. The minimum Gasteiger partial charge on any atom is -0.340 e. The van der Waals surface area contributed by atoms with Crippen molar-refractivity contribution in [3.63, 3.8) is 0 Å². The number of fused-ring (bicyclic) bond motifs is 2. The van der Waals surface area contributed by atoms with Gasteiger partial charge in [0.05, 0.1) is 0 Å². The highest BCUT2D eigenvalue weighted by Crippen LogP contribution is 2.24. The minimum absolute atomic E-state index is 0.358. The summed E-state index contributed by atoms with van der Waals surface area (Å²) in [5, 5.41) is 2.58. The second-order valence-electron chi connectivity index (χ2n) is 9.16. The summed E-state index contributed by atoms with van der Waals surface area (Å²) in [5.41, 5.74) is 1.51. The largest absolute Gasteiger partial charge is 0.340 e. The second kappa shape index (κ2) is 9.46. The van der Waals surface area contributed by atoms with E-state index in [2.05, 4.69) is 64.2 Å². The molecule has 0 amide bonds. The van der Waals surface area contributed by atoms with Crippen LogP contribution in [0.15, 0.2) is 52.1 Å². The average molecular weight is 461 g/mol. The van der Waals surface area contributed by atoms with Crippen LogP contribution in [0.25, 0.3) is 21.9 Å². The summed E-state index contributed by atoms with van der Waals surface area (Å²) in [5.74, 6) is 0.794. The Morgan fingerprint density at radius 3 is 2.53 bits per heavy atom. The molecule has 1 N–H and O–H groups in total. The summed E-state index contributed by atoms with van der Waals surface area (Å²) >= 11 is 0. The van der Waals surface area contributed by atoms with Gasteiger partial charge in [-0.25, -0.2) is 4.79 Å². The number of nitrogens with one attached hydrogen (secondary N) is 1. The van der Waals surface area contributed by atoms with Gasteiger partial charge in [0, 0.05) is 46.3 Å². The van der Waals surface area contributed by atoms with Gasteiger partial charge >= 0.3 is 5.69 Å². The van der Waals surface area contributed by atoms with Crippen molar-refractivity contribution in [3.8, 4) is 0 Å². The van der Waals surface area contributed by atoms with E-state index in [4.69, 9.17) is 4.98 Å². The lowest BCUT2D eigenvalue weighted by molar-refractivity contribution is 0.249. The zero-order valence-electron chi connectivity index (χ0n) is 20.0. The summed E-state index contributed by atoms with van der Waals surface area (Å²) in [6, 6.07) is 15.0. The number of H-pyrrole nitrogens is 1. The van der Waals surface area contributed by atoms with Crippen molar-refractivity contribution in [2.75, 3.05) is 31.1 Å². The van der Waals surface area contributed by atoms with Crippen LogP contribution in [-0.4, -0.2) is 50.2 Å². The Hall–Kier alpha value is -3.39. The molecule has 178 valence electrons. The van der Waals surface area contributed by atoms with Crippen molar-refractivity contribution in [1.82, 2.24) is 24.0 Å². The third-order valence-corrected chi connectivity index (χ3v) is 6.90. The highest BCUT2D eigenvalue weighted by molar-refractivity contribution is 5.85. The van der Waals surface area contributed by atoms with Crippen LogP contribution in [0.3, 0.4) is 0 Å².